The Morgan fingerprint density at radius 3 is 2.65 bits per heavy atom. The Labute approximate surface area is 123 Å². The van der Waals surface area contributed by atoms with Gasteiger partial charge in [-0.3, -0.25) is 9.80 Å². The Kier molecular flexibility index (Phi) is 5.38. The summed E-state index contributed by atoms with van der Waals surface area (Å²) in [5, 5.41) is 3.36. The lowest BCUT2D eigenvalue weighted by Gasteiger charge is -2.42. The second-order valence-corrected chi connectivity index (χ2v) is 6.03. The first kappa shape index (κ1) is 15.3. The number of aromatic nitrogens is 1. The van der Waals surface area contributed by atoms with Crippen molar-refractivity contribution in [3.63, 3.8) is 0 Å². The van der Waals surface area contributed by atoms with E-state index in [4.69, 9.17) is 0 Å². The number of anilines is 1. The highest BCUT2D eigenvalue weighted by atomic mass is 15.3. The summed E-state index contributed by atoms with van der Waals surface area (Å²) >= 11 is 0. The summed E-state index contributed by atoms with van der Waals surface area (Å²) in [4.78, 5) is 9.39. The average molecular weight is 276 g/mol. The lowest BCUT2D eigenvalue weighted by molar-refractivity contribution is 0.0556. The van der Waals surface area contributed by atoms with Gasteiger partial charge in [-0.05, 0) is 45.0 Å². The highest BCUT2D eigenvalue weighted by molar-refractivity contribution is 5.37. The summed E-state index contributed by atoms with van der Waals surface area (Å²) in [6, 6.07) is 5.56. The van der Waals surface area contributed by atoms with E-state index >= 15 is 0 Å². The van der Waals surface area contributed by atoms with Crippen LogP contribution in [0.3, 0.4) is 0 Å². The molecule has 20 heavy (non-hydrogen) atoms. The molecule has 0 aromatic carbocycles. The molecule has 1 aromatic rings. The minimum absolute atomic E-state index is 0.623. The fourth-order valence-corrected chi connectivity index (χ4v) is 2.82. The van der Waals surface area contributed by atoms with Gasteiger partial charge in [-0.1, -0.05) is 6.92 Å². The predicted molar refractivity (Wildman–Crippen MR) is 85.0 cm³/mol. The van der Waals surface area contributed by atoms with Crippen LogP contribution in [0.4, 0.5) is 5.82 Å². The maximum Gasteiger partial charge on any atom is 0.126 e. The molecular formula is C16H28N4. The van der Waals surface area contributed by atoms with E-state index in [9.17, 15) is 0 Å². The molecule has 112 valence electrons. The van der Waals surface area contributed by atoms with Crippen LogP contribution < -0.4 is 5.32 Å². The van der Waals surface area contributed by atoms with Crippen molar-refractivity contribution < 1.29 is 0 Å². The summed E-state index contributed by atoms with van der Waals surface area (Å²) in [6.07, 6.45) is 3.04. The predicted octanol–water partition coefficient (Wildman–Crippen LogP) is 2.43. The molecule has 2 rings (SSSR count). The van der Waals surface area contributed by atoms with Crippen LogP contribution in [0.5, 0.6) is 0 Å². The van der Waals surface area contributed by atoms with E-state index in [-0.39, 0.29) is 0 Å². The maximum atomic E-state index is 4.37. The molecule has 0 bridgehead atoms. The summed E-state index contributed by atoms with van der Waals surface area (Å²) in [7, 11) is 2.23. The molecule has 4 nitrogen and oxygen atoms in total. The molecule has 0 aliphatic carbocycles. The summed E-state index contributed by atoms with van der Waals surface area (Å²) in [6.45, 7) is 11.1. The smallest absolute Gasteiger partial charge is 0.126 e. The van der Waals surface area contributed by atoms with Gasteiger partial charge < -0.3 is 5.32 Å². The van der Waals surface area contributed by atoms with Gasteiger partial charge in [0.05, 0.1) is 0 Å². The summed E-state index contributed by atoms with van der Waals surface area (Å²) < 4.78 is 0. The SMILES string of the molecule is CCCNc1cc(CN2CC(C)N(C)C(C)C2)ccn1. The third kappa shape index (κ3) is 3.93. The van der Waals surface area contributed by atoms with Crippen LogP contribution >= 0.6 is 0 Å². The third-order valence-electron chi connectivity index (χ3n) is 4.22. The van der Waals surface area contributed by atoms with Gasteiger partial charge in [-0.2, -0.15) is 0 Å². The van der Waals surface area contributed by atoms with Crippen molar-refractivity contribution in [3.05, 3.63) is 23.9 Å². The Balaban J connectivity index is 1.96. The van der Waals surface area contributed by atoms with Gasteiger partial charge >= 0.3 is 0 Å². The zero-order valence-electron chi connectivity index (χ0n) is 13.3. The normalized spacial score (nSPS) is 24.8. The summed E-state index contributed by atoms with van der Waals surface area (Å²) in [5.41, 5.74) is 1.35. The van der Waals surface area contributed by atoms with E-state index in [1.54, 1.807) is 0 Å². The number of hydrogen-bond donors (Lipinski definition) is 1. The number of nitrogens with zero attached hydrogens (tertiary/aromatic N) is 3. The van der Waals surface area contributed by atoms with E-state index in [0.29, 0.717) is 12.1 Å². The monoisotopic (exact) mass is 276 g/mol. The van der Waals surface area contributed by atoms with Crippen molar-refractivity contribution in [2.24, 2.45) is 0 Å². The van der Waals surface area contributed by atoms with E-state index < -0.39 is 0 Å². The lowest BCUT2D eigenvalue weighted by Crippen LogP contribution is -2.54. The molecule has 1 N–H and O–H groups in total. The zero-order chi connectivity index (χ0) is 14.5. The van der Waals surface area contributed by atoms with Crippen LogP contribution in [0.25, 0.3) is 0 Å². The Morgan fingerprint density at radius 1 is 1.30 bits per heavy atom. The Morgan fingerprint density at radius 2 is 2.00 bits per heavy atom. The molecule has 0 spiro atoms. The standard InChI is InChI=1S/C16H28N4/c1-5-7-17-16-9-15(6-8-18-16)12-20-10-13(2)19(4)14(3)11-20/h6,8-9,13-14H,5,7,10-12H2,1-4H3,(H,17,18). The Bertz CT molecular complexity index is 409. The molecule has 2 heterocycles. The molecule has 0 saturated carbocycles. The molecule has 1 saturated heterocycles. The van der Waals surface area contributed by atoms with Crippen molar-refractivity contribution >= 4 is 5.82 Å². The number of pyridine rings is 1. The largest absolute Gasteiger partial charge is 0.370 e. The highest BCUT2D eigenvalue weighted by Gasteiger charge is 2.26. The Hall–Kier alpha value is -1.13. The molecule has 1 aliphatic heterocycles. The molecule has 4 heteroatoms. The molecule has 2 atom stereocenters. The molecule has 2 unspecified atom stereocenters. The molecular weight excluding hydrogens is 248 g/mol. The first-order valence-electron chi connectivity index (χ1n) is 7.73. The fraction of sp³-hybridized carbons (Fsp3) is 0.688. The number of hydrogen-bond acceptors (Lipinski definition) is 4. The van der Waals surface area contributed by atoms with Crippen LogP contribution in [0.1, 0.15) is 32.8 Å². The minimum Gasteiger partial charge on any atom is -0.370 e. The van der Waals surface area contributed by atoms with E-state index in [1.165, 1.54) is 5.56 Å². The number of piperazine rings is 1. The lowest BCUT2D eigenvalue weighted by atomic mass is 10.1. The number of rotatable bonds is 5. The van der Waals surface area contributed by atoms with E-state index in [2.05, 4.69) is 60.1 Å². The van der Waals surface area contributed by atoms with Crippen LogP contribution in [-0.4, -0.2) is 53.5 Å². The third-order valence-corrected chi connectivity index (χ3v) is 4.22. The topological polar surface area (TPSA) is 31.4 Å². The quantitative estimate of drug-likeness (QED) is 0.895. The molecule has 1 aromatic heterocycles. The second kappa shape index (κ2) is 7.04. The van der Waals surface area contributed by atoms with Crippen molar-refractivity contribution in [1.29, 1.82) is 0 Å². The maximum absolute atomic E-state index is 4.37. The van der Waals surface area contributed by atoms with Crippen LogP contribution in [0, 0.1) is 0 Å². The molecule has 0 radical (unpaired) electrons. The highest BCUT2D eigenvalue weighted by Crippen LogP contribution is 2.17. The van der Waals surface area contributed by atoms with Crippen molar-refractivity contribution in [2.45, 2.75) is 45.8 Å². The van der Waals surface area contributed by atoms with Gasteiger partial charge in [-0.15, -0.1) is 0 Å². The van der Waals surface area contributed by atoms with Gasteiger partial charge in [0, 0.05) is 44.5 Å². The van der Waals surface area contributed by atoms with Crippen LogP contribution in [0.15, 0.2) is 18.3 Å². The van der Waals surface area contributed by atoms with Crippen LogP contribution in [-0.2, 0) is 6.54 Å². The van der Waals surface area contributed by atoms with Gasteiger partial charge in [-0.25, -0.2) is 4.98 Å². The summed E-state index contributed by atoms with van der Waals surface area (Å²) in [5.74, 6) is 1.000. The van der Waals surface area contributed by atoms with Crippen LogP contribution in [0.2, 0.25) is 0 Å². The van der Waals surface area contributed by atoms with Gasteiger partial charge in [0.25, 0.3) is 0 Å². The number of likely N-dealkylation sites (N-methyl/N-ethyl adjacent to an activating group) is 1. The van der Waals surface area contributed by atoms with Crippen molar-refractivity contribution in [2.75, 3.05) is 32.0 Å². The average Bonchev–Trinajstić information content (AvgIpc) is 2.43. The van der Waals surface area contributed by atoms with Crippen molar-refractivity contribution in [1.82, 2.24) is 14.8 Å². The first-order chi connectivity index (χ1) is 9.60. The van der Waals surface area contributed by atoms with Gasteiger partial charge in [0.2, 0.25) is 0 Å². The second-order valence-electron chi connectivity index (χ2n) is 6.03. The fourth-order valence-electron chi connectivity index (χ4n) is 2.82. The molecule has 0 amide bonds. The molecule has 1 fully saturated rings. The van der Waals surface area contributed by atoms with Gasteiger partial charge in [0.15, 0.2) is 0 Å². The first-order valence-corrected chi connectivity index (χ1v) is 7.73. The molecule has 1 aliphatic rings. The van der Waals surface area contributed by atoms with Gasteiger partial charge in [0.1, 0.15) is 5.82 Å². The van der Waals surface area contributed by atoms with E-state index in [1.807, 2.05) is 6.20 Å². The van der Waals surface area contributed by atoms with E-state index in [0.717, 1.165) is 38.4 Å². The minimum atomic E-state index is 0.623. The van der Waals surface area contributed by atoms with Crippen molar-refractivity contribution in [3.8, 4) is 0 Å². The number of nitrogens with one attached hydrogen (secondary N) is 1. The zero-order valence-corrected chi connectivity index (χ0v) is 13.3.